The van der Waals surface area contributed by atoms with Gasteiger partial charge < -0.3 is 5.11 Å². The highest BCUT2D eigenvalue weighted by Gasteiger charge is 2.16. The average molecular weight is 289 g/mol. The van der Waals surface area contributed by atoms with Gasteiger partial charge in [-0.25, -0.2) is 15.0 Å². The van der Waals surface area contributed by atoms with Crippen molar-refractivity contribution in [3.05, 3.63) is 55.2 Å². The van der Waals surface area contributed by atoms with Crippen LogP contribution in [0.1, 0.15) is 0 Å². The summed E-state index contributed by atoms with van der Waals surface area (Å²) in [4.78, 5) is 12.5. The molecule has 0 saturated heterocycles. The second-order valence-corrected chi connectivity index (χ2v) is 4.79. The molecule has 0 fully saturated rings. The molecule has 0 aliphatic carbocycles. The zero-order valence-corrected chi connectivity index (χ0v) is 11.4. The van der Waals surface area contributed by atoms with Crippen LogP contribution in [0.25, 0.3) is 33.4 Å². The number of aromatic hydroxyl groups is 1. The normalized spacial score (nSPS) is 10.9. The van der Waals surface area contributed by atoms with Crippen LogP contribution in [-0.2, 0) is 0 Å². The molecular formula is C16H11N5O. The highest BCUT2D eigenvalue weighted by molar-refractivity contribution is 5.98. The van der Waals surface area contributed by atoms with Crippen LogP contribution in [0.5, 0.6) is 5.75 Å². The molecule has 22 heavy (non-hydrogen) atoms. The second kappa shape index (κ2) is 4.92. The molecule has 0 amide bonds. The summed E-state index contributed by atoms with van der Waals surface area (Å²) >= 11 is 0. The maximum Gasteiger partial charge on any atom is 0.155 e. The summed E-state index contributed by atoms with van der Waals surface area (Å²) in [6, 6.07) is 9.05. The Bertz CT molecular complexity index is 949. The number of phenols is 1. The van der Waals surface area contributed by atoms with Gasteiger partial charge in [-0.3, -0.25) is 5.10 Å². The van der Waals surface area contributed by atoms with E-state index in [0.29, 0.717) is 11.2 Å². The maximum absolute atomic E-state index is 10.4. The standard InChI is InChI=1S/C16H11N5O/c22-14-3-1-2-11(13-5-6-17-9-19-13)15(14)10-4-7-18-16-12(10)8-20-21-16/h1-9,22H,(H,18,20,21). The first-order valence-corrected chi connectivity index (χ1v) is 6.71. The van der Waals surface area contributed by atoms with E-state index in [4.69, 9.17) is 0 Å². The highest BCUT2D eigenvalue weighted by atomic mass is 16.3. The Balaban J connectivity index is 2.05. The van der Waals surface area contributed by atoms with Gasteiger partial charge in [-0.05, 0) is 18.2 Å². The van der Waals surface area contributed by atoms with E-state index in [0.717, 1.165) is 22.2 Å². The quantitative estimate of drug-likeness (QED) is 0.592. The number of benzene rings is 1. The first kappa shape index (κ1) is 12.5. The van der Waals surface area contributed by atoms with E-state index < -0.39 is 0 Å². The van der Waals surface area contributed by atoms with Crippen molar-refractivity contribution in [1.82, 2.24) is 25.1 Å². The summed E-state index contributed by atoms with van der Waals surface area (Å²) in [5, 5.41) is 18.1. The fourth-order valence-electron chi connectivity index (χ4n) is 2.56. The molecule has 0 bridgehead atoms. The van der Waals surface area contributed by atoms with Gasteiger partial charge in [0.2, 0.25) is 0 Å². The number of aromatic nitrogens is 5. The SMILES string of the molecule is Oc1cccc(-c2ccncn2)c1-c1ccnc2[nH]ncc12. The number of phenolic OH excluding ortho intramolecular Hbond substituents is 1. The van der Waals surface area contributed by atoms with Gasteiger partial charge in [0.05, 0.1) is 11.9 Å². The van der Waals surface area contributed by atoms with Gasteiger partial charge >= 0.3 is 0 Å². The lowest BCUT2D eigenvalue weighted by molar-refractivity contribution is 0.477. The van der Waals surface area contributed by atoms with Gasteiger partial charge in [0, 0.05) is 34.5 Å². The Morgan fingerprint density at radius 2 is 1.91 bits per heavy atom. The zero-order chi connectivity index (χ0) is 14.9. The molecular weight excluding hydrogens is 278 g/mol. The molecule has 0 unspecified atom stereocenters. The van der Waals surface area contributed by atoms with Crippen LogP contribution >= 0.6 is 0 Å². The molecule has 4 rings (SSSR count). The Kier molecular flexibility index (Phi) is 2.79. The van der Waals surface area contributed by atoms with Crippen LogP contribution in [0, 0.1) is 0 Å². The van der Waals surface area contributed by atoms with Crippen molar-refractivity contribution in [2.24, 2.45) is 0 Å². The van der Waals surface area contributed by atoms with E-state index in [2.05, 4.69) is 25.1 Å². The molecule has 1 aromatic carbocycles. The maximum atomic E-state index is 10.4. The second-order valence-electron chi connectivity index (χ2n) is 4.79. The molecule has 0 atom stereocenters. The lowest BCUT2D eigenvalue weighted by Gasteiger charge is -2.11. The van der Waals surface area contributed by atoms with Crippen molar-refractivity contribution < 1.29 is 5.11 Å². The van der Waals surface area contributed by atoms with Gasteiger partial charge in [-0.15, -0.1) is 0 Å². The lowest BCUT2D eigenvalue weighted by Crippen LogP contribution is -1.90. The molecule has 106 valence electrons. The number of fused-ring (bicyclic) bond motifs is 1. The number of aromatic amines is 1. The highest BCUT2D eigenvalue weighted by Crippen LogP contribution is 2.40. The molecule has 0 saturated carbocycles. The fraction of sp³-hybridized carbons (Fsp3) is 0. The molecule has 2 N–H and O–H groups in total. The van der Waals surface area contributed by atoms with Crippen molar-refractivity contribution in [3.8, 4) is 28.1 Å². The smallest absolute Gasteiger partial charge is 0.155 e. The van der Waals surface area contributed by atoms with Gasteiger partial charge in [-0.1, -0.05) is 12.1 Å². The molecule has 6 heteroatoms. The van der Waals surface area contributed by atoms with E-state index in [-0.39, 0.29) is 5.75 Å². The third kappa shape index (κ3) is 1.89. The summed E-state index contributed by atoms with van der Waals surface area (Å²) in [7, 11) is 0. The molecule has 0 aliphatic heterocycles. The summed E-state index contributed by atoms with van der Waals surface area (Å²) in [6.45, 7) is 0. The van der Waals surface area contributed by atoms with Crippen molar-refractivity contribution in [2.45, 2.75) is 0 Å². The molecule has 0 spiro atoms. The Morgan fingerprint density at radius 3 is 2.77 bits per heavy atom. The van der Waals surface area contributed by atoms with Gasteiger partial charge in [-0.2, -0.15) is 5.10 Å². The summed E-state index contributed by atoms with van der Waals surface area (Å²) < 4.78 is 0. The molecule has 0 aliphatic rings. The first-order chi connectivity index (χ1) is 10.8. The largest absolute Gasteiger partial charge is 0.507 e. The third-order valence-corrected chi connectivity index (χ3v) is 3.52. The number of nitrogens with one attached hydrogen (secondary N) is 1. The predicted octanol–water partition coefficient (Wildman–Crippen LogP) is 2.79. The van der Waals surface area contributed by atoms with Gasteiger partial charge in [0.15, 0.2) is 5.65 Å². The third-order valence-electron chi connectivity index (χ3n) is 3.52. The molecule has 3 heterocycles. The minimum Gasteiger partial charge on any atom is -0.507 e. The minimum atomic E-state index is 0.185. The van der Waals surface area contributed by atoms with Gasteiger partial charge in [0.25, 0.3) is 0 Å². The lowest BCUT2D eigenvalue weighted by atomic mass is 9.95. The topological polar surface area (TPSA) is 87.6 Å². The van der Waals surface area contributed by atoms with Gasteiger partial charge in [0.1, 0.15) is 12.1 Å². The monoisotopic (exact) mass is 289 g/mol. The fourth-order valence-corrected chi connectivity index (χ4v) is 2.56. The Hall–Kier alpha value is -3.28. The van der Waals surface area contributed by atoms with Crippen LogP contribution in [0.15, 0.2) is 55.2 Å². The van der Waals surface area contributed by atoms with E-state index in [9.17, 15) is 5.11 Å². The van der Waals surface area contributed by atoms with Crippen LogP contribution < -0.4 is 0 Å². The number of pyridine rings is 1. The molecule has 6 nitrogen and oxygen atoms in total. The number of H-pyrrole nitrogens is 1. The number of nitrogens with zero attached hydrogens (tertiary/aromatic N) is 4. The van der Waals surface area contributed by atoms with E-state index >= 15 is 0 Å². The Morgan fingerprint density at radius 1 is 0.955 bits per heavy atom. The summed E-state index contributed by atoms with van der Waals surface area (Å²) in [5.74, 6) is 0.185. The predicted molar refractivity (Wildman–Crippen MR) is 82.0 cm³/mol. The van der Waals surface area contributed by atoms with Crippen LogP contribution in [-0.4, -0.2) is 30.3 Å². The number of hydrogen-bond acceptors (Lipinski definition) is 5. The molecule has 0 radical (unpaired) electrons. The molecule has 3 aromatic heterocycles. The minimum absolute atomic E-state index is 0.185. The first-order valence-electron chi connectivity index (χ1n) is 6.71. The van der Waals surface area contributed by atoms with Crippen molar-refractivity contribution in [3.63, 3.8) is 0 Å². The van der Waals surface area contributed by atoms with Crippen molar-refractivity contribution in [1.29, 1.82) is 0 Å². The van der Waals surface area contributed by atoms with E-state index in [1.165, 1.54) is 6.33 Å². The van der Waals surface area contributed by atoms with E-state index in [1.807, 2.05) is 18.2 Å². The molecule has 4 aromatic rings. The average Bonchev–Trinajstić information content (AvgIpc) is 3.04. The summed E-state index contributed by atoms with van der Waals surface area (Å²) in [6.07, 6.45) is 6.55. The Labute approximate surface area is 125 Å². The zero-order valence-electron chi connectivity index (χ0n) is 11.4. The van der Waals surface area contributed by atoms with Crippen molar-refractivity contribution >= 4 is 11.0 Å². The summed E-state index contributed by atoms with van der Waals surface area (Å²) in [5.41, 5.74) is 3.81. The van der Waals surface area contributed by atoms with Crippen molar-refractivity contribution in [2.75, 3.05) is 0 Å². The van der Waals surface area contributed by atoms with Crippen LogP contribution in [0.4, 0.5) is 0 Å². The van der Waals surface area contributed by atoms with Crippen LogP contribution in [0.3, 0.4) is 0 Å². The van der Waals surface area contributed by atoms with Crippen LogP contribution in [0.2, 0.25) is 0 Å². The number of hydrogen-bond donors (Lipinski definition) is 2. The van der Waals surface area contributed by atoms with E-state index in [1.54, 1.807) is 30.7 Å². The number of rotatable bonds is 2.